The Morgan fingerprint density at radius 2 is 1.96 bits per heavy atom. The minimum Gasteiger partial charge on any atom is -0.492 e. The first kappa shape index (κ1) is 18.5. The van der Waals surface area contributed by atoms with Gasteiger partial charge in [-0.2, -0.15) is 0 Å². The third-order valence-corrected chi connectivity index (χ3v) is 4.07. The van der Waals surface area contributed by atoms with Crippen molar-refractivity contribution in [3.8, 4) is 11.5 Å². The number of anilines is 1. The van der Waals surface area contributed by atoms with E-state index in [-0.39, 0.29) is 17.8 Å². The molecule has 0 saturated carbocycles. The summed E-state index contributed by atoms with van der Waals surface area (Å²) in [5, 5.41) is 2.69. The summed E-state index contributed by atoms with van der Waals surface area (Å²) in [4.78, 5) is 12.5. The fourth-order valence-corrected chi connectivity index (χ4v) is 2.93. The Morgan fingerprint density at radius 3 is 2.54 bits per heavy atom. The molecule has 128 valence electrons. The molecule has 0 saturated heterocycles. The summed E-state index contributed by atoms with van der Waals surface area (Å²) in [5.41, 5.74) is 1.34. The molecule has 2 aromatic rings. The maximum atomic E-state index is 13.6. The molecule has 1 amide bonds. The minimum atomic E-state index is -0.360. The highest BCUT2D eigenvalue weighted by Crippen LogP contribution is 2.34. The number of nitrogens with one attached hydrogen (secondary N) is 1. The molecule has 6 heteroatoms. The van der Waals surface area contributed by atoms with Crippen molar-refractivity contribution < 1.29 is 18.7 Å². The highest BCUT2D eigenvalue weighted by Gasteiger charge is 2.16. The lowest BCUT2D eigenvalue weighted by Crippen LogP contribution is -2.14. The lowest BCUT2D eigenvalue weighted by atomic mass is 10.1. The van der Waals surface area contributed by atoms with Crippen LogP contribution in [0.25, 0.3) is 0 Å². The van der Waals surface area contributed by atoms with E-state index in [1.165, 1.54) is 6.07 Å². The maximum Gasteiger partial charge on any atom is 0.255 e. The highest BCUT2D eigenvalue weighted by molar-refractivity contribution is 14.1. The average Bonchev–Trinajstić information content (AvgIpc) is 2.50. The Balaban J connectivity index is 2.31. The number of ether oxygens (including phenoxy) is 2. The van der Waals surface area contributed by atoms with Gasteiger partial charge in [-0.3, -0.25) is 4.79 Å². The summed E-state index contributed by atoms with van der Waals surface area (Å²) in [6.07, 6.45) is -0.0563. The van der Waals surface area contributed by atoms with Crippen molar-refractivity contribution in [3.63, 3.8) is 0 Å². The molecule has 0 aliphatic rings. The summed E-state index contributed by atoms with van der Waals surface area (Å²) in [6.45, 7) is 5.46. The molecule has 0 radical (unpaired) electrons. The van der Waals surface area contributed by atoms with Crippen LogP contribution < -0.4 is 14.8 Å². The van der Waals surface area contributed by atoms with Gasteiger partial charge in [-0.05, 0) is 73.2 Å². The monoisotopic (exact) mass is 443 g/mol. The molecular formula is C18H19FINO3. The molecule has 0 heterocycles. The minimum absolute atomic E-state index is 0.0563. The SMILES string of the molecule is COc1c(I)cc(C(=O)Nc2ccc(C)c(F)c2)cc1OC(C)C. The average molecular weight is 443 g/mol. The van der Waals surface area contributed by atoms with Gasteiger partial charge in [-0.25, -0.2) is 4.39 Å². The summed E-state index contributed by atoms with van der Waals surface area (Å²) < 4.78 is 25.4. The van der Waals surface area contributed by atoms with Gasteiger partial charge in [0.15, 0.2) is 11.5 Å². The number of carbonyl (C=O) groups excluding carboxylic acids is 1. The number of rotatable bonds is 5. The van der Waals surface area contributed by atoms with Crippen LogP contribution >= 0.6 is 22.6 Å². The van der Waals surface area contributed by atoms with Crippen molar-refractivity contribution in [3.05, 3.63) is 50.8 Å². The number of carbonyl (C=O) groups is 1. The van der Waals surface area contributed by atoms with Crippen LogP contribution in [0.2, 0.25) is 0 Å². The van der Waals surface area contributed by atoms with E-state index < -0.39 is 0 Å². The van der Waals surface area contributed by atoms with E-state index in [0.717, 1.165) is 3.57 Å². The van der Waals surface area contributed by atoms with E-state index in [1.807, 2.05) is 13.8 Å². The zero-order chi connectivity index (χ0) is 17.9. The molecule has 0 unspecified atom stereocenters. The Labute approximate surface area is 154 Å². The lowest BCUT2D eigenvalue weighted by molar-refractivity contribution is 0.102. The first-order valence-corrected chi connectivity index (χ1v) is 8.51. The van der Waals surface area contributed by atoms with Gasteiger partial charge >= 0.3 is 0 Å². The van der Waals surface area contributed by atoms with E-state index in [4.69, 9.17) is 9.47 Å². The van der Waals surface area contributed by atoms with Crippen LogP contribution in [-0.2, 0) is 0 Å². The Morgan fingerprint density at radius 1 is 1.25 bits per heavy atom. The third-order valence-electron chi connectivity index (χ3n) is 3.27. The van der Waals surface area contributed by atoms with Crippen LogP contribution in [0.5, 0.6) is 11.5 Å². The quantitative estimate of drug-likeness (QED) is 0.677. The number of methoxy groups -OCH3 is 1. The van der Waals surface area contributed by atoms with Crippen LogP contribution in [0.4, 0.5) is 10.1 Å². The Kier molecular flexibility index (Phi) is 6.04. The molecule has 0 spiro atoms. The number of amides is 1. The molecule has 0 aliphatic heterocycles. The summed E-state index contributed by atoms with van der Waals surface area (Å²) in [7, 11) is 1.56. The molecule has 4 nitrogen and oxygen atoms in total. The smallest absolute Gasteiger partial charge is 0.255 e. The molecule has 0 atom stereocenters. The molecular weight excluding hydrogens is 424 g/mol. The van der Waals surface area contributed by atoms with Gasteiger partial charge in [0.05, 0.1) is 16.8 Å². The van der Waals surface area contributed by atoms with Crippen LogP contribution in [0.1, 0.15) is 29.8 Å². The van der Waals surface area contributed by atoms with E-state index in [1.54, 1.807) is 38.3 Å². The molecule has 0 fully saturated rings. The van der Waals surface area contributed by atoms with Crippen molar-refractivity contribution in [1.82, 2.24) is 0 Å². The fraction of sp³-hybridized carbons (Fsp3) is 0.278. The molecule has 24 heavy (non-hydrogen) atoms. The van der Waals surface area contributed by atoms with Gasteiger partial charge in [0, 0.05) is 11.3 Å². The molecule has 0 aliphatic carbocycles. The first-order valence-electron chi connectivity index (χ1n) is 7.43. The summed E-state index contributed by atoms with van der Waals surface area (Å²) in [6, 6.07) is 7.91. The van der Waals surface area contributed by atoms with Crippen LogP contribution in [-0.4, -0.2) is 19.1 Å². The van der Waals surface area contributed by atoms with E-state index in [9.17, 15) is 9.18 Å². The lowest BCUT2D eigenvalue weighted by Gasteiger charge is -2.16. The van der Waals surface area contributed by atoms with Crippen LogP contribution in [0.3, 0.4) is 0 Å². The van der Waals surface area contributed by atoms with Crippen molar-refractivity contribution in [2.24, 2.45) is 0 Å². The Bertz CT molecular complexity index is 762. The standard InChI is InChI=1S/C18H19FINO3/c1-10(2)24-16-8-12(7-15(20)17(16)23-4)18(22)21-13-6-5-11(3)14(19)9-13/h5-10H,1-4H3,(H,21,22). The third kappa shape index (κ3) is 4.37. The predicted molar refractivity (Wildman–Crippen MR) is 101 cm³/mol. The second kappa shape index (κ2) is 7.83. The fourth-order valence-electron chi connectivity index (χ4n) is 2.11. The second-order valence-electron chi connectivity index (χ2n) is 5.57. The molecule has 2 rings (SSSR count). The van der Waals surface area contributed by atoms with E-state index in [0.29, 0.717) is 28.3 Å². The maximum absolute atomic E-state index is 13.6. The van der Waals surface area contributed by atoms with Crippen LogP contribution in [0, 0.1) is 16.3 Å². The number of hydrogen-bond acceptors (Lipinski definition) is 3. The van der Waals surface area contributed by atoms with Gasteiger partial charge in [-0.15, -0.1) is 0 Å². The zero-order valence-electron chi connectivity index (χ0n) is 13.9. The van der Waals surface area contributed by atoms with Gasteiger partial charge in [0.2, 0.25) is 0 Å². The molecule has 2 aromatic carbocycles. The van der Waals surface area contributed by atoms with E-state index >= 15 is 0 Å². The van der Waals surface area contributed by atoms with Crippen molar-refractivity contribution in [2.45, 2.75) is 26.9 Å². The van der Waals surface area contributed by atoms with Gasteiger partial charge in [0.25, 0.3) is 5.91 Å². The van der Waals surface area contributed by atoms with Crippen molar-refractivity contribution in [2.75, 3.05) is 12.4 Å². The largest absolute Gasteiger partial charge is 0.492 e. The zero-order valence-corrected chi connectivity index (χ0v) is 16.1. The van der Waals surface area contributed by atoms with Gasteiger partial charge < -0.3 is 14.8 Å². The number of benzene rings is 2. The number of halogens is 2. The molecule has 1 N–H and O–H groups in total. The number of hydrogen-bond donors (Lipinski definition) is 1. The van der Waals surface area contributed by atoms with E-state index in [2.05, 4.69) is 27.9 Å². The molecule has 0 bridgehead atoms. The number of aryl methyl sites for hydroxylation is 1. The van der Waals surface area contributed by atoms with Gasteiger partial charge in [-0.1, -0.05) is 6.07 Å². The second-order valence-corrected chi connectivity index (χ2v) is 6.74. The Hall–Kier alpha value is -1.83. The first-order chi connectivity index (χ1) is 11.3. The van der Waals surface area contributed by atoms with Crippen molar-refractivity contribution in [1.29, 1.82) is 0 Å². The normalized spacial score (nSPS) is 10.6. The highest BCUT2D eigenvalue weighted by atomic mass is 127. The predicted octanol–water partition coefficient (Wildman–Crippen LogP) is 4.79. The topological polar surface area (TPSA) is 47.6 Å². The van der Waals surface area contributed by atoms with Crippen molar-refractivity contribution >= 4 is 34.2 Å². The summed E-state index contributed by atoms with van der Waals surface area (Å²) >= 11 is 2.09. The summed E-state index contributed by atoms with van der Waals surface area (Å²) in [5.74, 6) is 0.384. The van der Waals surface area contributed by atoms with Crippen LogP contribution in [0.15, 0.2) is 30.3 Å². The van der Waals surface area contributed by atoms with Gasteiger partial charge in [0.1, 0.15) is 5.82 Å². The molecule has 0 aromatic heterocycles.